The van der Waals surface area contributed by atoms with Crippen LogP contribution in [0.5, 0.6) is 11.5 Å². The van der Waals surface area contributed by atoms with Gasteiger partial charge in [-0.15, -0.1) is 0 Å². The van der Waals surface area contributed by atoms with E-state index in [4.69, 9.17) is 14.3 Å². The topological polar surface area (TPSA) is 98.2 Å². The average Bonchev–Trinajstić information content (AvgIpc) is 3.08. The second-order valence-electron chi connectivity index (χ2n) is 5.12. The Labute approximate surface area is 162 Å². The van der Waals surface area contributed by atoms with Gasteiger partial charge >= 0.3 is 0 Å². The number of rotatable bonds is 6. The zero-order valence-electron chi connectivity index (χ0n) is 13.4. The lowest BCUT2D eigenvalue weighted by atomic mass is 10.3. The number of amides is 2. The number of hydrogen-bond donors (Lipinski definition) is 2. The number of hydrogen-bond acceptors (Lipinski definition) is 6. The predicted octanol–water partition coefficient (Wildman–Crippen LogP) is 2.60. The Morgan fingerprint density at radius 1 is 1.08 bits per heavy atom. The maximum absolute atomic E-state index is 11.8. The van der Waals surface area contributed by atoms with Crippen LogP contribution in [0.1, 0.15) is 0 Å². The van der Waals surface area contributed by atoms with E-state index in [9.17, 15) is 9.59 Å². The van der Waals surface area contributed by atoms with Gasteiger partial charge in [-0.05, 0) is 59.0 Å². The van der Waals surface area contributed by atoms with E-state index in [2.05, 4.69) is 38.4 Å². The minimum atomic E-state index is -0.498. The second-order valence-corrected chi connectivity index (χ2v) is 6.37. The molecule has 9 heteroatoms. The van der Waals surface area contributed by atoms with Crippen LogP contribution in [0.4, 0.5) is 11.4 Å². The second kappa shape index (κ2) is 8.52. The number of benzene rings is 2. The number of halogens is 1. The standard InChI is InChI=1S/C17H14IN3O5/c18-11-1-3-12(4-2-11)20-17(23)9-26-19-8-16(22)21-13-5-6-14-15(7-13)25-10-24-14/h1-8H,9-10H2,(H,20,23)(H,21,22)/b19-8+. The molecule has 1 heterocycles. The Bertz CT molecular complexity index is 839. The van der Waals surface area contributed by atoms with Crippen LogP contribution in [0.15, 0.2) is 47.6 Å². The highest BCUT2D eigenvalue weighted by atomic mass is 127. The monoisotopic (exact) mass is 467 g/mol. The molecule has 8 nitrogen and oxygen atoms in total. The summed E-state index contributed by atoms with van der Waals surface area (Å²) in [6.07, 6.45) is 0.947. The fourth-order valence-corrected chi connectivity index (χ4v) is 2.42. The van der Waals surface area contributed by atoms with Crippen molar-refractivity contribution in [3.05, 3.63) is 46.0 Å². The molecule has 0 fully saturated rings. The molecule has 0 saturated heterocycles. The van der Waals surface area contributed by atoms with Gasteiger partial charge < -0.3 is 24.9 Å². The summed E-state index contributed by atoms with van der Waals surface area (Å²) < 4.78 is 11.5. The lowest BCUT2D eigenvalue weighted by molar-refractivity contribution is -0.120. The number of oxime groups is 1. The van der Waals surface area contributed by atoms with Crippen LogP contribution in [-0.2, 0) is 14.4 Å². The molecule has 2 N–H and O–H groups in total. The van der Waals surface area contributed by atoms with Crippen molar-refractivity contribution < 1.29 is 23.9 Å². The zero-order chi connectivity index (χ0) is 18.4. The van der Waals surface area contributed by atoms with Crippen LogP contribution in [-0.4, -0.2) is 31.4 Å². The summed E-state index contributed by atoms with van der Waals surface area (Å²) in [5.41, 5.74) is 1.19. The molecule has 3 rings (SSSR count). The molecular weight excluding hydrogens is 453 g/mol. The van der Waals surface area contributed by atoms with Crippen molar-refractivity contribution in [1.82, 2.24) is 0 Å². The van der Waals surface area contributed by atoms with E-state index in [1.165, 1.54) is 0 Å². The molecule has 0 atom stereocenters. The van der Waals surface area contributed by atoms with Crippen LogP contribution in [0, 0.1) is 3.57 Å². The number of nitrogens with one attached hydrogen (secondary N) is 2. The number of fused-ring (bicyclic) bond motifs is 1. The maximum atomic E-state index is 11.8. The summed E-state index contributed by atoms with van der Waals surface area (Å²) in [6.45, 7) is -0.147. The van der Waals surface area contributed by atoms with E-state index >= 15 is 0 Å². The summed E-state index contributed by atoms with van der Waals surface area (Å²) in [5.74, 6) is 0.309. The first-order valence-electron chi connectivity index (χ1n) is 7.51. The molecule has 1 aliphatic rings. The first kappa shape index (κ1) is 18.0. The van der Waals surface area contributed by atoms with Gasteiger partial charge in [-0.1, -0.05) is 5.16 Å². The number of ether oxygens (including phenoxy) is 2. The minimum absolute atomic E-state index is 0.159. The largest absolute Gasteiger partial charge is 0.454 e. The third kappa shape index (κ3) is 5.09. The number of carbonyl (C=O) groups is 2. The van der Waals surface area contributed by atoms with Crippen molar-refractivity contribution in [2.75, 3.05) is 24.0 Å². The van der Waals surface area contributed by atoms with Crippen molar-refractivity contribution in [2.45, 2.75) is 0 Å². The Kier molecular flexibility index (Phi) is 5.89. The summed E-state index contributed by atoms with van der Waals surface area (Å²) in [6, 6.07) is 12.3. The molecule has 26 heavy (non-hydrogen) atoms. The van der Waals surface area contributed by atoms with Crippen molar-refractivity contribution >= 4 is 52.0 Å². The summed E-state index contributed by atoms with van der Waals surface area (Å²) in [4.78, 5) is 28.3. The molecule has 0 saturated carbocycles. The molecular formula is C17H14IN3O5. The van der Waals surface area contributed by atoms with E-state index in [0.29, 0.717) is 22.9 Å². The summed E-state index contributed by atoms with van der Waals surface area (Å²) >= 11 is 2.17. The molecule has 2 aromatic carbocycles. The van der Waals surface area contributed by atoms with Gasteiger partial charge in [0.2, 0.25) is 6.79 Å². The van der Waals surface area contributed by atoms with Crippen LogP contribution in [0.2, 0.25) is 0 Å². The zero-order valence-corrected chi connectivity index (χ0v) is 15.6. The highest BCUT2D eigenvalue weighted by Crippen LogP contribution is 2.34. The lowest BCUT2D eigenvalue weighted by Crippen LogP contribution is -2.18. The molecule has 0 aliphatic carbocycles. The van der Waals surface area contributed by atoms with Crippen LogP contribution >= 0.6 is 22.6 Å². The van der Waals surface area contributed by atoms with E-state index in [0.717, 1.165) is 9.78 Å². The van der Waals surface area contributed by atoms with Crippen molar-refractivity contribution in [3.8, 4) is 11.5 Å². The van der Waals surface area contributed by atoms with Crippen LogP contribution < -0.4 is 20.1 Å². The molecule has 1 aliphatic heterocycles. The van der Waals surface area contributed by atoms with Crippen molar-refractivity contribution in [2.24, 2.45) is 5.16 Å². The third-order valence-electron chi connectivity index (χ3n) is 3.21. The average molecular weight is 467 g/mol. The number of anilines is 2. The van der Waals surface area contributed by atoms with Gasteiger partial charge in [0.05, 0.1) is 0 Å². The van der Waals surface area contributed by atoms with Crippen LogP contribution in [0.25, 0.3) is 0 Å². The first-order chi connectivity index (χ1) is 12.6. The number of nitrogens with zero attached hydrogens (tertiary/aromatic N) is 1. The molecule has 0 bridgehead atoms. The van der Waals surface area contributed by atoms with E-state index < -0.39 is 5.91 Å². The molecule has 2 aromatic rings. The lowest BCUT2D eigenvalue weighted by Gasteiger charge is -2.04. The molecule has 134 valence electrons. The SMILES string of the molecule is O=C(/C=N/OCC(=O)Nc1ccc(I)cc1)Nc1ccc2c(c1)OCO2. The predicted molar refractivity (Wildman–Crippen MR) is 103 cm³/mol. The number of carbonyl (C=O) groups excluding carboxylic acids is 2. The summed E-state index contributed by atoms with van der Waals surface area (Å²) in [7, 11) is 0. The molecule has 0 aromatic heterocycles. The van der Waals surface area contributed by atoms with Gasteiger partial charge in [0.25, 0.3) is 11.8 Å². The van der Waals surface area contributed by atoms with Crippen molar-refractivity contribution in [3.63, 3.8) is 0 Å². The fourth-order valence-electron chi connectivity index (χ4n) is 2.06. The smallest absolute Gasteiger partial charge is 0.270 e. The maximum Gasteiger partial charge on any atom is 0.270 e. The Morgan fingerprint density at radius 3 is 2.62 bits per heavy atom. The molecule has 2 amide bonds. The molecule has 0 unspecified atom stereocenters. The van der Waals surface area contributed by atoms with Gasteiger partial charge in [0, 0.05) is 21.0 Å². The first-order valence-corrected chi connectivity index (χ1v) is 8.59. The minimum Gasteiger partial charge on any atom is -0.454 e. The Hall–Kier alpha value is -2.82. The Morgan fingerprint density at radius 2 is 1.81 bits per heavy atom. The van der Waals surface area contributed by atoms with E-state index in [1.807, 2.05) is 12.1 Å². The van der Waals surface area contributed by atoms with Gasteiger partial charge in [-0.2, -0.15) is 0 Å². The van der Waals surface area contributed by atoms with Gasteiger partial charge in [0.15, 0.2) is 18.1 Å². The van der Waals surface area contributed by atoms with E-state index in [-0.39, 0.29) is 19.3 Å². The summed E-state index contributed by atoms with van der Waals surface area (Å²) in [5, 5.41) is 8.73. The van der Waals surface area contributed by atoms with Crippen molar-refractivity contribution in [1.29, 1.82) is 0 Å². The molecule has 0 spiro atoms. The van der Waals surface area contributed by atoms with E-state index in [1.54, 1.807) is 30.3 Å². The van der Waals surface area contributed by atoms with Crippen LogP contribution in [0.3, 0.4) is 0 Å². The normalized spacial score (nSPS) is 12.0. The Balaban J connectivity index is 1.41. The highest BCUT2D eigenvalue weighted by molar-refractivity contribution is 14.1. The molecule has 0 radical (unpaired) electrons. The van der Waals surface area contributed by atoms with Gasteiger partial charge in [0.1, 0.15) is 6.21 Å². The highest BCUT2D eigenvalue weighted by Gasteiger charge is 2.13. The van der Waals surface area contributed by atoms with Gasteiger partial charge in [-0.3, -0.25) is 9.59 Å². The van der Waals surface area contributed by atoms with Gasteiger partial charge in [-0.25, -0.2) is 0 Å². The fraction of sp³-hybridized carbons (Fsp3) is 0.118. The quantitative estimate of drug-likeness (QED) is 0.387. The third-order valence-corrected chi connectivity index (χ3v) is 3.93.